The zero-order valence-electron chi connectivity index (χ0n) is 13.7. The SMILES string of the molecule is COc1ccc(-c2ccc(C3=CCC(C)CC3)c(F)c2)c(F)c1F. The fourth-order valence-corrected chi connectivity index (χ4v) is 3.07. The van der Waals surface area contributed by atoms with Crippen molar-refractivity contribution < 1.29 is 17.9 Å². The van der Waals surface area contributed by atoms with Crippen LogP contribution < -0.4 is 4.74 Å². The summed E-state index contributed by atoms with van der Waals surface area (Å²) in [7, 11) is 1.27. The highest BCUT2D eigenvalue weighted by molar-refractivity contribution is 5.72. The number of allylic oxidation sites excluding steroid dienone is 2. The molecule has 1 unspecified atom stereocenters. The quantitative estimate of drug-likeness (QED) is 0.671. The van der Waals surface area contributed by atoms with Gasteiger partial charge in [-0.05, 0) is 54.5 Å². The Morgan fingerprint density at radius 1 is 1.00 bits per heavy atom. The second-order valence-corrected chi connectivity index (χ2v) is 6.25. The van der Waals surface area contributed by atoms with E-state index in [1.54, 1.807) is 12.1 Å². The average molecular weight is 332 g/mol. The molecule has 3 rings (SSSR count). The number of hydrogen-bond donors (Lipinski definition) is 0. The van der Waals surface area contributed by atoms with Gasteiger partial charge in [-0.2, -0.15) is 4.39 Å². The maximum absolute atomic E-state index is 14.5. The van der Waals surface area contributed by atoms with Gasteiger partial charge in [-0.15, -0.1) is 0 Å². The van der Waals surface area contributed by atoms with Crippen molar-refractivity contribution in [2.45, 2.75) is 26.2 Å². The second kappa shape index (κ2) is 6.71. The van der Waals surface area contributed by atoms with Gasteiger partial charge < -0.3 is 4.74 Å². The van der Waals surface area contributed by atoms with E-state index in [0.29, 0.717) is 17.0 Å². The summed E-state index contributed by atoms with van der Waals surface area (Å²) in [4.78, 5) is 0. The molecule has 0 radical (unpaired) electrons. The van der Waals surface area contributed by atoms with Crippen LogP contribution in [0.5, 0.6) is 5.75 Å². The predicted octanol–water partition coefficient (Wildman–Crippen LogP) is 5.98. The first-order valence-corrected chi connectivity index (χ1v) is 8.02. The van der Waals surface area contributed by atoms with E-state index in [4.69, 9.17) is 4.74 Å². The summed E-state index contributed by atoms with van der Waals surface area (Å²) >= 11 is 0. The van der Waals surface area contributed by atoms with Crippen molar-refractivity contribution in [2.24, 2.45) is 5.92 Å². The smallest absolute Gasteiger partial charge is 0.201 e. The van der Waals surface area contributed by atoms with Gasteiger partial charge in [0, 0.05) is 11.1 Å². The van der Waals surface area contributed by atoms with E-state index in [-0.39, 0.29) is 11.3 Å². The van der Waals surface area contributed by atoms with Gasteiger partial charge in [0.1, 0.15) is 5.82 Å². The van der Waals surface area contributed by atoms with Crippen LogP contribution in [0.3, 0.4) is 0 Å². The highest BCUT2D eigenvalue weighted by Crippen LogP contribution is 2.34. The summed E-state index contributed by atoms with van der Waals surface area (Å²) in [6.07, 6.45) is 4.88. The maximum Gasteiger partial charge on any atom is 0.201 e. The average Bonchev–Trinajstić information content (AvgIpc) is 2.58. The molecule has 4 heteroatoms. The molecule has 1 nitrogen and oxygen atoms in total. The van der Waals surface area contributed by atoms with Crippen LogP contribution in [0.15, 0.2) is 36.4 Å². The Balaban J connectivity index is 1.97. The lowest BCUT2D eigenvalue weighted by atomic mass is 9.87. The Hall–Kier alpha value is -2.23. The van der Waals surface area contributed by atoms with Gasteiger partial charge in [-0.1, -0.05) is 25.1 Å². The Morgan fingerprint density at radius 2 is 1.75 bits per heavy atom. The number of ether oxygens (including phenoxy) is 1. The molecule has 0 N–H and O–H groups in total. The zero-order chi connectivity index (χ0) is 17.3. The molecule has 0 amide bonds. The first kappa shape index (κ1) is 16.6. The molecule has 0 spiro atoms. The molecule has 0 saturated carbocycles. The van der Waals surface area contributed by atoms with Crippen LogP contribution in [-0.4, -0.2) is 7.11 Å². The third-order valence-electron chi connectivity index (χ3n) is 4.57. The van der Waals surface area contributed by atoms with Gasteiger partial charge in [0.15, 0.2) is 11.6 Å². The van der Waals surface area contributed by atoms with Crippen LogP contribution in [0, 0.1) is 23.4 Å². The standard InChI is InChI=1S/C20H19F3O/c1-12-3-5-13(6-4-12)15-8-7-14(11-17(15)21)16-9-10-18(24-2)20(23)19(16)22/h5,7-12H,3-4,6H2,1-2H3. The van der Waals surface area contributed by atoms with Crippen LogP contribution in [-0.2, 0) is 0 Å². The first-order chi connectivity index (χ1) is 11.5. The maximum atomic E-state index is 14.5. The van der Waals surface area contributed by atoms with Gasteiger partial charge >= 0.3 is 0 Å². The molecule has 0 heterocycles. The van der Waals surface area contributed by atoms with Crippen LogP contribution in [0.2, 0.25) is 0 Å². The summed E-state index contributed by atoms with van der Waals surface area (Å²) in [6.45, 7) is 2.17. The normalized spacial score (nSPS) is 17.5. The molecule has 0 bridgehead atoms. The second-order valence-electron chi connectivity index (χ2n) is 6.25. The topological polar surface area (TPSA) is 9.23 Å². The van der Waals surface area contributed by atoms with Crippen LogP contribution in [0.1, 0.15) is 31.7 Å². The number of benzene rings is 2. The van der Waals surface area contributed by atoms with Gasteiger partial charge in [0.25, 0.3) is 0 Å². The number of halogens is 3. The zero-order valence-corrected chi connectivity index (χ0v) is 13.7. The van der Waals surface area contributed by atoms with Crippen LogP contribution in [0.4, 0.5) is 13.2 Å². The van der Waals surface area contributed by atoms with Crippen molar-refractivity contribution in [3.63, 3.8) is 0 Å². The van der Waals surface area contributed by atoms with E-state index in [1.165, 1.54) is 25.3 Å². The van der Waals surface area contributed by atoms with Crippen molar-refractivity contribution in [3.05, 3.63) is 59.4 Å². The highest BCUT2D eigenvalue weighted by atomic mass is 19.2. The van der Waals surface area contributed by atoms with Gasteiger partial charge in [0.2, 0.25) is 5.82 Å². The summed E-state index contributed by atoms with van der Waals surface area (Å²) in [5, 5.41) is 0. The molecule has 0 aliphatic heterocycles. The largest absolute Gasteiger partial charge is 0.494 e. The Labute approximate surface area is 139 Å². The summed E-state index contributed by atoms with van der Waals surface area (Å²) in [6, 6.07) is 7.27. The molecule has 1 aliphatic carbocycles. The minimum atomic E-state index is -1.07. The van der Waals surface area contributed by atoms with Gasteiger partial charge in [0.05, 0.1) is 7.11 Å². The van der Waals surface area contributed by atoms with E-state index in [1.807, 2.05) is 0 Å². The fraction of sp³-hybridized carbons (Fsp3) is 0.300. The number of methoxy groups -OCH3 is 1. The van der Waals surface area contributed by atoms with Crippen LogP contribution in [0.25, 0.3) is 16.7 Å². The van der Waals surface area contributed by atoms with Crippen molar-refractivity contribution >= 4 is 5.57 Å². The Bertz CT molecular complexity index is 796. The van der Waals surface area contributed by atoms with E-state index in [9.17, 15) is 13.2 Å². The van der Waals surface area contributed by atoms with E-state index >= 15 is 0 Å². The summed E-state index contributed by atoms with van der Waals surface area (Å²) < 4.78 is 47.3. The summed E-state index contributed by atoms with van der Waals surface area (Å²) in [5.41, 5.74) is 1.85. The minimum Gasteiger partial charge on any atom is -0.494 e. The summed E-state index contributed by atoms with van der Waals surface area (Å²) in [5.74, 6) is -2.07. The minimum absolute atomic E-state index is 0.0185. The molecule has 2 aromatic carbocycles. The van der Waals surface area contributed by atoms with E-state index < -0.39 is 17.5 Å². The molecule has 0 fully saturated rings. The molecule has 2 aromatic rings. The van der Waals surface area contributed by atoms with Gasteiger partial charge in [-0.25, -0.2) is 8.78 Å². The van der Waals surface area contributed by atoms with Crippen molar-refractivity contribution in [1.29, 1.82) is 0 Å². The first-order valence-electron chi connectivity index (χ1n) is 8.02. The molecular formula is C20H19F3O. The highest BCUT2D eigenvalue weighted by Gasteiger charge is 2.18. The lowest BCUT2D eigenvalue weighted by Crippen LogP contribution is -2.02. The molecule has 0 saturated heterocycles. The third-order valence-corrected chi connectivity index (χ3v) is 4.57. The van der Waals surface area contributed by atoms with Crippen molar-refractivity contribution in [1.82, 2.24) is 0 Å². The fourth-order valence-electron chi connectivity index (χ4n) is 3.07. The third kappa shape index (κ3) is 3.05. The molecule has 0 aromatic heterocycles. The molecule has 126 valence electrons. The molecule has 1 aliphatic rings. The van der Waals surface area contributed by atoms with E-state index in [2.05, 4.69) is 13.0 Å². The monoisotopic (exact) mass is 332 g/mol. The van der Waals surface area contributed by atoms with Crippen molar-refractivity contribution in [2.75, 3.05) is 7.11 Å². The van der Waals surface area contributed by atoms with E-state index in [0.717, 1.165) is 24.8 Å². The molecule has 24 heavy (non-hydrogen) atoms. The predicted molar refractivity (Wildman–Crippen MR) is 89.3 cm³/mol. The number of rotatable bonds is 3. The Kier molecular flexibility index (Phi) is 4.65. The molecular weight excluding hydrogens is 313 g/mol. The Morgan fingerprint density at radius 3 is 2.38 bits per heavy atom. The lowest BCUT2D eigenvalue weighted by molar-refractivity contribution is 0.372. The van der Waals surface area contributed by atoms with Gasteiger partial charge in [-0.3, -0.25) is 0 Å². The van der Waals surface area contributed by atoms with Crippen LogP contribution >= 0.6 is 0 Å². The lowest BCUT2D eigenvalue weighted by Gasteiger charge is -2.19. The van der Waals surface area contributed by atoms with Crippen molar-refractivity contribution in [3.8, 4) is 16.9 Å². The number of hydrogen-bond acceptors (Lipinski definition) is 1. The molecule has 1 atom stereocenters.